The minimum Gasteiger partial charge on any atom is -0.399 e. The predicted octanol–water partition coefficient (Wildman–Crippen LogP) is 2.35. The number of hydrogen-bond acceptors (Lipinski definition) is 4. The Morgan fingerprint density at radius 2 is 1.92 bits per heavy atom. The lowest BCUT2D eigenvalue weighted by atomic mass is 10.2. The van der Waals surface area contributed by atoms with Crippen LogP contribution >= 0.6 is 24.0 Å². The van der Waals surface area contributed by atoms with Crippen molar-refractivity contribution in [2.24, 2.45) is 0 Å². The van der Waals surface area contributed by atoms with Gasteiger partial charge in [-0.2, -0.15) is 0 Å². The number of hydrogen-bond donors (Lipinski definition) is 3. The topological polar surface area (TPSA) is 52.0 Å². The van der Waals surface area contributed by atoms with Gasteiger partial charge in [-0.15, -0.1) is 24.0 Å². The number of thiol groups is 1. The highest BCUT2D eigenvalue weighted by Gasteiger charge is 2.02. The van der Waals surface area contributed by atoms with E-state index in [-0.39, 0.29) is 0 Å². The van der Waals surface area contributed by atoms with E-state index in [0.29, 0.717) is 0 Å². The Bertz CT molecular complexity index is 434. The highest BCUT2D eigenvalue weighted by atomic mass is 32.1. The van der Waals surface area contributed by atoms with Gasteiger partial charge in [-0.05, 0) is 23.6 Å². The molecule has 2 nitrogen and oxygen atoms in total. The number of rotatable bonds is 0. The Morgan fingerprint density at radius 1 is 1.17 bits per heavy atom. The number of nitrogen functional groups attached to an aromatic ring is 2. The first-order valence-electron chi connectivity index (χ1n) is 3.44. The zero-order chi connectivity index (χ0) is 8.72. The molecule has 0 radical (unpaired) electrons. The maximum absolute atomic E-state index is 5.65. The molecule has 4 heteroatoms. The van der Waals surface area contributed by atoms with Gasteiger partial charge < -0.3 is 11.5 Å². The fourth-order valence-corrected chi connectivity index (χ4v) is 2.41. The second-order valence-electron chi connectivity index (χ2n) is 2.61. The van der Waals surface area contributed by atoms with Crippen LogP contribution in [0.3, 0.4) is 0 Å². The Hall–Kier alpha value is -0.870. The molecule has 0 unspecified atom stereocenters. The van der Waals surface area contributed by atoms with Crippen molar-refractivity contribution in [1.29, 1.82) is 0 Å². The summed E-state index contributed by atoms with van der Waals surface area (Å²) in [4.78, 5) is 0.895. The van der Waals surface area contributed by atoms with Crippen LogP contribution in [-0.4, -0.2) is 0 Å². The summed E-state index contributed by atoms with van der Waals surface area (Å²) >= 11 is 5.84. The average molecular weight is 196 g/mol. The highest BCUT2D eigenvalue weighted by Crippen LogP contribution is 2.33. The van der Waals surface area contributed by atoms with Crippen molar-refractivity contribution in [1.82, 2.24) is 0 Å². The molecule has 0 aliphatic carbocycles. The molecule has 0 fully saturated rings. The van der Waals surface area contributed by atoms with Gasteiger partial charge in [0.05, 0.1) is 5.00 Å². The van der Waals surface area contributed by atoms with Crippen LogP contribution in [0.1, 0.15) is 0 Å². The van der Waals surface area contributed by atoms with Crippen LogP contribution in [0.5, 0.6) is 0 Å². The van der Waals surface area contributed by atoms with Gasteiger partial charge in [0.2, 0.25) is 0 Å². The van der Waals surface area contributed by atoms with Crippen LogP contribution in [-0.2, 0) is 0 Å². The summed E-state index contributed by atoms with van der Waals surface area (Å²) in [7, 11) is 0. The number of fused-ring (bicyclic) bond motifs is 1. The average Bonchev–Trinajstić information content (AvgIpc) is 2.29. The summed E-state index contributed by atoms with van der Waals surface area (Å²) in [5.41, 5.74) is 12.0. The normalized spacial score (nSPS) is 10.8. The van der Waals surface area contributed by atoms with Gasteiger partial charge in [-0.3, -0.25) is 0 Å². The molecule has 1 aromatic carbocycles. The van der Waals surface area contributed by atoms with E-state index in [1.165, 1.54) is 11.3 Å². The highest BCUT2D eigenvalue weighted by molar-refractivity contribution is 7.80. The molecule has 2 aromatic rings. The first kappa shape index (κ1) is 7.76. The number of benzene rings is 1. The summed E-state index contributed by atoms with van der Waals surface area (Å²) < 4.78 is 1.10. The number of nitrogens with two attached hydrogens (primary N) is 2. The fourth-order valence-electron chi connectivity index (χ4n) is 1.18. The summed E-state index contributed by atoms with van der Waals surface area (Å²) in [6.45, 7) is 0. The summed E-state index contributed by atoms with van der Waals surface area (Å²) in [6, 6.07) is 5.65. The summed E-state index contributed by atoms with van der Waals surface area (Å²) in [5, 5.41) is 1.87. The lowest BCUT2D eigenvalue weighted by molar-refractivity contribution is 1.60. The largest absolute Gasteiger partial charge is 0.399 e. The molecule has 0 bridgehead atoms. The Labute approximate surface area is 79.6 Å². The Kier molecular flexibility index (Phi) is 1.66. The van der Waals surface area contributed by atoms with E-state index in [1.807, 2.05) is 18.2 Å². The maximum atomic E-state index is 5.65. The van der Waals surface area contributed by atoms with Crippen LogP contribution in [0.2, 0.25) is 0 Å². The molecule has 1 heterocycles. The predicted molar refractivity (Wildman–Crippen MR) is 57.9 cm³/mol. The van der Waals surface area contributed by atoms with Gasteiger partial charge >= 0.3 is 0 Å². The van der Waals surface area contributed by atoms with Crippen molar-refractivity contribution < 1.29 is 0 Å². The Balaban J connectivity index is 2.88. The van der Waals surface area contributed by atoms with E-state index in [1.54, 1.807) is 0 Å². The molecule has 0 aliphatic rings. The van der Waals surface area contributed by atoms with E-state index >= 15 is 0 Å². The molecule has 0 atom stereocenters. The van der Waals surface area contributed by atoms with E-state index in [2.05, 4.69) is 12.6 Å². The third kappa shape index (κ3) is 1.13. The second-order valence-corrected chi connectivity index (χ2v) is 4.17. The van der Waals surface area contributed by atoms with Crippen molar-refractivity contribution in [2.75, 3.05) is 11.5 Å². The van der Waals surface area contributed by atoms with Crippen molar-refractivity contribution in [3.8, 4) is 0 Å². The SMILES string of the molecule is Nc1cc(S)c2sc(N)cc2c1. The zero-order valence-corrected chi connectivity index (χ0v) is 7.95. The molecule has 62 valence electrons. The smallest absolute Gasteiger partial charge is 0.0869 e. The minimum absolute atomic E-state index is 0.727. The first-order valence-corrected chi connectivity index (χ1v) is 4.70. The monoisotopic (exact) mass is 196 g/mol. The first-order chi connectivity index (χ1) is 5.66. The molecule has 12 heavy (non-hydrogen) atoms. The Morgan fingerprint density at radius 3 is 2.67 bits per heavy atom. The van der Waals surface area contributed by atoms with Gasteiger partial charge in [0.15, 0.2) is 0 Å². The van der Waals surface area contributed by atoms with Crippen LogP contribution in [0.4, 0.5) is 10.7 Å². The maximum Gasteiger partial charge on any atom is 0.0869 e. The summed E-state index contributed by atoms with van der Waals surface area (Å²) in [5.74, 6) is 0. The molecule has 4 N–H and O–H groups in total. The van der Waals surface area contributed by atoms with Crippen LogP contribution in [0, 0.1) is 0 Å². The van der Waals surface area contributed by atoms with E-state index in [9.17, 15) is 0 Å². The van der Waals surface area contributed by atoms with E-state index in [4.69, 9.17) is 11.5 Å². The van der Waals surface area contributed by atoms with Gasteiger partial charge in [0.1, 0.15) is 0 Å². The molecule has 1 aromatic heterocycles. The van der Waals surface area contributed by atoms with Crippen LogP contribution < -0.4 is 11.5 Å². The molecule has 0 saturated heterocycles. The van der Waals surface area contributed by atoms with Crippen LogP contribution in [0.15, 0.2) is 23.1 Å². The van der Waals surface area contributed by atoms with Crippen LogP contribution in [0.25, 0.3) is 10.1 Å². The van der Waals surface area contributed by atoms with Gasteiger partial charge in [0.25, 0.3) is 0 Å². The third-order valence-corrected chi connectivity index (χ3v) is 3.16. The van der Waals surface area contributed by atoms with E-state index < -0.39 is 0 Å². The second kappa shape index (κ2) is 2.57. The quantitative estimate of drug-likeness (QED) is 0.447. The number of thiophene rings is 1. The third-order valence-electron chi connectivity index (χ3n) is 1.64. The molecular weight excluding hydrogens is 188 g/mol. The summed E-state index contributed by atoms with van der Waals surface area (Å²) in [6.07, 6.45) is 0. The molecule has 0 spiro atoms. The van der Waals surface area contributed by atoms with Gasteiger partial charge in [-0.25, -0.2) is 0 Å². The standard InChI is InChI=1S/C8H8N2S2/c9-5-1-4-2-7(10)12-8(4)6(11)3-5/h1-3,11H,9-10H2. The molecule has 0 amide bonds. The van der Waals surface area contributed by atoms with Crippen molar-refractivity contribution in [3.63, 3.8) is 0 Å². The molecule has 2 rings (SSSR count). The minimum atomic E-state index is 0.727. The zero-order valence-electron chi connectivity index (χ0n) is 6.24. The molecular formula is C8H8N2S2. The number of anilines is 2. The van der Waals surface area contributed by atoms with Crippen molar-refractivity contribution >= 4 is 44.7 Å². The fraction of sp³-hybridized carbons (Fsp3) is 0. The lowest BCUT2D eigenvalue weighted by Gasteiger charge is -1.96. The molecule has 0 saturated carbocycles. The van der Waals surface area contributed by atoms with E-state index in [0.717, 1.165) is 25.7 Å². The van der Waals surface area contributed by atoms with Crippen molar-refractivity contribution in [2.45, 2.75) is 4.90 Å². The van der Waals surface area contributed by atoms with Crippen molar-refractivity contribution in [3.05, 3.63) is 18.2 Å². The van der Waals surface area contributed by atoms with Gasteiger partial charge in [-0.1, -0.05) is 0 Å². The molecule has 0 aliphatic heterocycles. The lowest BCUT2D eigenvalue weighted by Crippen LogP contribution is -1.82. The van der Waals surface area contributed by atoms with Gasteiger partial charge in [0, 0.05) is 15.3 Å².